The molecular formula is C18H22N6O2. The molecule has 0 aliphatic carbocycles. The van der Waals surface area contributed by atoms with E-state index in [9.17, 15) is 9.90 Å². The topological polar surface area (TPSA) is 99.9 Å². The zero-order valence-electron chi connectivity index (χ0n) is 14.9. The van der Waals surface area contributed by atoms with Crippen molar-refractivity contribution in [3.8, 4) is 0 Å². The monoisotopic (exact) mass is 354 g/mol. The molecule has 1 fully saturated rings. The highest BCUT2D eigenvalue weighted by Crippen LogP contribution is 2.27. The van der Waals surface area contributed by atoms with E-state index in [-0.39, 0.29) is 12.5 Å². The number of β-amino-alcohol motifs (C(OH)–C–C–N with tert-alkyl or cyclic N) is 1. The highest BCUT2D eigenvalue weighted by molar-refractivity contribution is 6.05. The van der Waals surface area contributed by atoms with Crippen LogP contribution in [0.25, 0.3) is 10.9 Å². The summed E-state index contributed by atoms with van der Waals surface area (Å²) < 4.78 is 1.80. The summed E-state index contributed by atoms with van der Waals surface area (Å²) in [5.74, 6) is 0.632. The Bertz CT molecular complexity index is 962. The zero-order chi connectivity index (χ0) is 18.3. The highest BCUT2D eigenvalue weighted by Gasteiger charge is 2.37. The highest BCUT2D eigenvalue weighted by atomic mass is 16.3. The Kier molecular flexibility index (Phi) is 3.99. The van der Waals surface area contributed by atoms with Gasteiger partial charge in [0.15, 0.2) is 0 Å². The lowest BCUT2D eigenvalue weighted by Gasteiger charge is -2.39. The van der Waals surface area contributed by atoms with Crippen LogP contribution >= 0.6 is 0 Å². The Morgan fingerprint density at radius 1 is 1.42 bits per heavy atom. The molecule has 1 atom stereocenters. The molecule has 8 nitrogen and oxygen atoms in total. The van der Waals surface area contributed by atoms with Gasteiger partial charge in [0.2, 0.25) is 0 Å². The summed E-state index contributed by atoms with van der Waals surface area (Å²) in [7, 11) is 1.85. The number of likely N-dealkylation sites (tertiary alicyclic amines) is 1. The first-order chi connectivity index (χ1) is 12.5. The van der Waals surface area contributed by atoms with Crippen LogP contribution in [0.1, 0.15) is 34.6 Å². The third-order valence-corrected chi connectivity index (χ3v) is 5.06. The summed E-state index contributed by atoms with van der Waals surface area (Å²) >= 11 is 0. The average Bonchev–Trinajstić information content (AvgIpc) is 3.22. The molecule has 26 heavy (non-hydrogen) atoms. The summed E-state index contributed by atoms with van der Waals surface area (Å²) in [6.07, 6.45) is 5.10. The van der Waals surface area contributed by atoms with E-state index in [0.29, 0.717) is 30.8 Å². The molecule has 1 aliphatic rings. The number of amides is 1. The number of carbonyl (C=O) groups excluding carboxylic acids is 1. The average molecular weight is 354 g/mol. The fourth-order valence-corrected chi connectivity index (χ4v) is 3.74. The molecule has 0 radical (unpaired) electrons. The molecule has 1 unspecified atom stereocenters. The first-order valence-corrected chi connectivity index (χ1v) is 8.73. The summed E-state index contributed by atoms with van der Waals surface area (Å²) in [6, 6.07) is 3.87. The van der Waals surface area contributed by atoms with Gasteiger partial charge in [-0.25, -0.2) is 0 Å². The number of hydrogen-bond donors (Lipinski definition) is 2. The SMILES string of the molecule is Cc1cc(C(=O)N2CCCC(O)(Cc3nncn3C)C2)c2[nH]ncc2c1. The molecular weight excluding hydrogens is 332 g/mol. The van der Waals surface area contributed by atoms with E-state index in [1.807, 2.05) is 26.1 Å². The van der Waals surface area contributed by atoms with Gasteiger partial charge in [-0.15, -0.1) is 10.2 Å². The molecule has 8 heteroatoms. The number of aryl methyl sites for hydroxylation is 2. The molecule has 1 saturated heterocycles. The number of aliphatic hydroxyl groups is 1. The maximum absolute atomic E-state index is 13.2. The molecule has 1 aliphatic heterocycles. The second-order valence-electron chi connectivity index (χ2n) is 7.24. The third kappa shape index (κ3) is 2.96. The first kappa shape index (κ1) is 16.7. The number of nitrogens with one attached hydrogen (secondary N) is 1. The van der Waals surface area contributed by atoms with Gasteiger partial charge in [-0.3, -0.25) is 9.89 Å². The molecule has 0 saturated carbocycles. The maximum atomic E-state index is 13.2. The minimum atomic E-state index is -0.994. The molecule has 3 heterocycles. The van der Waals surface area contributed by atoms with Crippen LogP contribution in [0.3, 0.4) is 0 Å². The molecule has 3 aromatic rings. The van der Waals surface area contributed by atoms with Crippen LogP contribution < -0.4 is 0 Å². The van der Waals surface area contributed by atoms with Crippen molar-refractivity contribution in [3.05, 3.63) is 41.6 Å². The third-order valence-electron chi connectivity index (χ3n) is 5.06. The van der Waals surface area contributed by atoms with Crippen LogP contribution in [-0.4, -0.2) is 59.6 Å². The van der Waals surface area contributed by atoms with Gasteiger partial charge >= 0.3 is 0 Å². The van der Waals surface area contributed by atoms with Gasteiger partial charge in [0.1, 0.15) is 12.2 Å². The molecule has 0 spiro atoms. The van der Waals surface area contributed by atoms with E-state index in [1.54, 1.807) is 22.0 Å². The Morgan fingerprint density at radius 3 is 3.04 bits per heavy atom. The summed E-state index contributed by atoms with van der Waals surface area (Å²) in [5.41, 5.74) is 1.35. The number of fused-ring (bicyclic) bond motifs is 1. The van der Waals surface area contributed by atoms with Gasteiger partial charge in [0.25, 0.3) is 5.91 Å². The molecule has 1 aromatic carbocycles. The van der Waals surface area contributed by atoms with E-state index < -0.39 is 5.60 Å². The summed E-state index contributed by atoms with van der Waals surface area (Å²) in [6.45, 7) is 2.87. The number of nitrogens with zero attached hydrogens (tertiary/aromatic N) is 5. The minimum absolute atomic E-state index is 0.0842. The number of aromatic amines is 1. The lowest BCUT2D eigenvalue weighted by Crippen LogP contribution is -2.51. The number of carbonyl (C=O) groups is 1. The van der Waals surface area contributed by atoms with E-state index in [4.69, 9.17) is 0 Å². The number of H-pyrrole nitrogens is 1. The lowest BCUT2D eigenvalue weighted by molar-refractivity contribution is -0.0257. The van der Waals surface area contributed by atoms with E-state index in [1.165, 1.54) is 0 Å². The van der Waals surface area contributed by atoms with Crippen molar-refractivity contribution in [1.82, 2.24) is 29.9 Å². The Balaban J connectivity index is 1.60. The van der Waals surface area contributed by atoms with E-state index >= 15 is 0 Å². The lowest BCUT2D eigenvalue weighted by atomic mass is 9.88. The van der Waals surface area contributed by atoms with Crippen LogP contribution in [0.2, 0.25) is 0 Å². The summed E-state index contributed by atoms with van der Waals surface area (Å²) in [5, 5.41) is 26.9. The normalized spacial score (nSPS) is 20.7. The molecule has 2 N–H and O–H groups in total. The number of piperidine rings is 1. The van der Waals surface area contributed by atoms with Crippen molar-refractivity contribution in [2.45, 2.75) is 31.8 Å². The standard InChI is InChI=1S/C18H22N6O2/c1-12-6-13-9-19-22-16(13)14(7-12)17(25)24-5-3-4-18(26,10-24)8-15-21-20-11-23(15)2/h6-7,9,11,26H,3-5,8,10H2,1-2H3,(H,19,22). The second kappa shape index (κ2) is 6.21. The van der Waals surface area contributed by atoms with Crippen molar-refractivity contribution in [1.29, 1.82) is 0 Å². The van der Waals surface area contributed by atoms with Crippen LogP contribution in [0, 0.1) is 6.92 Å². The van der Waals surface area contributed by atoms with Crippen molar-refractivity contribution in [3.63, 3.8) is 0 Å². The Hall–Kier alpha value is -2.74. The maximum Gasteiger partial charge on any atom is 0.256 e. The largest absolute Gasteiger partial charge is 0.388 e. The van der Waals surface area contributed by atoms with Crippen LogP contribution in [0.5, 0.6) is 0 Å². The zero-order valence-corrected chi connectivity index (χ0v) is 14.9. The van der Waals surface area contributed by atoms with E-state index in [0.717, 1.165) is 22.9 Å². The van der Waals surface area contributed by atoms with Crippen LogP contribution in [0.4, 0.5) is 0 Å². The van der Waals surface area contributed by atoms with Gasteiger partial charge < -0.3 is 14.6 Å². The quantitative estimate of drug-likeness (QED) is 0.736. The van der Waals surface area contributed by atoms with Crippen molar-refractivity contribution in [2.24, 2.45) is 7.05 Å². The fourth-order valence-electron chi connectivity index (χ4n) is 3.74. The van der Waals surface area contributed by atoms with Gasteiger partial charge in [-0.1, -0.05) is 0 Å². The fraction of sp³-hybridized carbons (Fsp3) is 0.444. The predicted molar refractivity (Wildman–Crippen MR) is 95.6 cm³/mol. The Morgan fingerprint density at radius 2 is 2.27 bits per heavy atom. The Labute approximate surface area is 150 Å². The van der Waals surface area contributed by atoms with E-state index in [2.05, 4.69) is 20.4 Å². The van der Waals surface area contributed by atoms with Gasteiger partial charge in [-0.05, 0) is 37.5 Å². The minimum Gasteiger partial charge on any atom is -0.388 e. The van der Waals surface area contributed by atoms with Crippen LogP contribution in [0.15, 0.2) is 24.7 Å². The summed E-state index contributed by atoms with van der Waals surface area (Å²) in [4.78, 5) is 14.9. The molecule has 136 valence electrons. The van der Waals surface area contributed by atoms with Crippen molar-refractivity contribution < 1.29 is 9.90 Å². The van der Waals surface area contributed by atoms with Gasteiger partial charge in [0.05, 0.1) is 29.4 Å². The number of hydrogen-bond acceptors (Lipinski definition) is 5. The van der Waals surface area contributed by atoms with Crippen molar-refractivity contribution in [2.75, 3.05) is 13.1 Å². The number of rotatable bonds is 3. The number of aromatic nitrogens is 5. The molecule has 4 rings (SSSR count). The molecule has 0 bridgehead atoms. The smallest absolute Gasteiger partial charge is 0.256 e. The second-order valence-corrected chi connectivity index (χ2v) is 7.24. The van der Waals surface area contributed by atoms with Crippen LogP contribution in [-0.2, 0) is 13.5 Å². The van der Waals surface area contributed by atoms with Crippen molar-refractivity contribution >= 4 is 16.8 Å². The predicted octanol–water partition coefficient (Wildman–Crippen LogP) is 1.21. The first-order valence-electron chi connectivity index (χ1n) is 8.73. The van der Waals surface area contributed by atoms with Gasteiger partial charge in [0, 0.05) is 25.4 Å². The van der Waals surface area contributed by atoms with Gasteiger partial charge in [-0.2, -0.15) is 5.10 Å². The number of benzene rings is 1. The molecule has 1 amide bonds. The molecule has 2 aromatic heterocycles.